The molecule has 0 spiro atoms. The Balaban J connectivity index is 8.02. The van der Waals surface area contributed by atoms with Crippen LogP contribution in [0.3, 0.4) is 0 Å². The molecule has 0 saturated carbocycles. The number of halogens is 36. The lowest BCUT2D eigenvalue weighted by molar-refractivity contribution is -0.600. The van der Waals surface area contributed by atoms with Gasteiger partial charge < -0.3 is 0 Å². The van der Waals surface area contributed by atoms with Crippen LogP contribution >= 0.6 is 0 Å². The smallest absolute Gasteiger partial charge is 0.263 e. The number of rotatable bonds is 16. The molecule has 0 aromatic heterocycles. The highest BCUT2D eigenvalue weighted by atomic mass is 19.5. The molecule has 0 N–H and O–H groups in total. The molecule has 0 fully saturated rings. The molecular formula is C18F36O6. The number of carbonyl (C=O) groups excluding carboxylic acids is 1. The van der Waals surface area contributed by atoms with Crippen molar-refractivity contribution in [3.05, 3.63) is 0 Å². The van der Waals surface area contributed by atoms with E-state index in [0.717, 1.165) is 14.2 Å². The van der Waals surface area contributed by atoms with Gasteiger partial charge in [0.2, 0.25) is 0 Å². The summed E-state index contributed by atoms with van der Waals surface area (Å²) in [7, 11) is 0. The van der Waals surface area contributed by atoms with Gasteiger partial charge in [0.15, 0.2) is 0 Å². The third kappa shape index (κ3) is 9.19. The van der Waals surface area contributed by atoms with Gasteiger partial charge in [-0.15, -0.1) is 0 Å². The van der Waals surface area contributed by atoms with Gasteiger partial charge in [-0.25, -0.2) is 0 Å². The molecule has 0 radical (unpaired) electrons. The molecule has 5 unspecified atom stereocenters. The van der Waals surface area contributed by atoms with Gasteiger partial charge in [0.05, 0.1) is 0 Å². The highest BCUT2D eigenvalue weighted by Gasteiger charge is 2.91. The number of hydrogen-bond acceptors (Lipinski definition) is 6. The van der Waals surface area contributed by atoms with Gasteiger partial charge in [-0.05, 0) is 0 Å². The van der Waals surface area contributed by atoms with E-state index in [2.05, 4.69) is 0 Å². The largest absolute Gasteiger partial charge is 0.462 e. The maximum atomic E-state index is 14.5. The van der Waals surface area contributed by atoms with Gasteiger partial charge in [0.1, 0.15) is 0 Å². The lowest BCUT2D eigenvalue weighted by Gasteiger charge is -2.44. The van der Waals surface area contributed by atoms with Crippen LogP contribution in [0.25, 0.3) is 0 Å². The van der Waals surface area contributed by atoms with Crippen LogP contribution < -0.4 is 0 Å². The van der Waals surface area contributed by atoms with E-state index < -0.39 is 109 Å². The molecule has 0 rings (SSSR count). The summed E-state index contributed by atoms with van der Waals surface area (Å²) in [6, 6.07) is -5.29. The molecule has 0 aliphatic carbocycles. The minimum atomic E-state index is -9.64. The Kier molecular flexibility index (Phi) is 14.0. The normalized spacial score (nSPS) is 20.7. The Morgan fingerprint density at radius 2 is 0.433 bits per heavy atom. The van der Waals surface area contributed by atoms with Crippen LogP contribution in [0.2, 0.25) is 0 Å². The first-order chi connectivity index (χ1) is 25.2. The maximum absolute atomic E-state index is 14.5. The van der Waals surface area contributed by atoms with E-state index in [1.54, 1.807) is 0 Å². The summed E-state index contributed by atoms with van der Waals surface area (Å²) in [5.74, 6) is -54.2. The maximum Gasteiger partial charge on any atom is 0.462 e. The Hall–Kier alpha value is -3.05. The van der Waals surface area contributed by atoms with Crippen LogP contribution in [0.4, 0.5) is 158 Å². The molecule has 360 valence electrons. The summed E-state index contributed by atoms with van der Waals surface area (Å²) in [4.78, 5) is 10.1. The predicted molar refractivity (Wildman–Crippen MR) is 96.7 cm³/mol. The third-order valence-corrected chi connectivity index (χ3v) is 5.64. The first-order valence-electron chi connectivity index (χ1n) is 12.0. The molecule has 42 heteroatoms. The van der Waals surface area contributed by atoms with E-state index in [4.69, 9.17) is 0 Å². The first kappa shape index (κ1) is 57.0. The van der Waals surface area contributed by atoms with Gasteiger partial charge in [0.25, 0.3) is 0 Å². The summed E-state index contributed by atoms with van der Waals surface area (Å²) in [5.41, 5.74) is 0. The monoisotopic (exact) mass is 996 g/mol. The fraction of sp³-hybridized carbons (Fsp3) is 0.944. The van der Waals surface area contributed by atoms with Crippen molar-refractivity contribution in [3.63, 3.8) is 0 Å². The molecule has 0 saturated heterocycles. The second kappa shape index (κ2) is 14.8. The molecular weight excluding hydrogens is 996 g/mol. The fourth-order valence-corrected chi connectivity index (χ4v) is 2.71. The van der Waals surface area contributed by atoms with Gasteiger partial charge in [-0.3, -0.25) is 28.5 Å². The second-order valence-electron chi connectivity index (χ2n) is 9.91. The Labute approximate surface area is 297 Å². The van der Waals surface area contributed by atoms with Gasteiger partial charge in [-0.1, -0.05) is 0 Å². The molecule has 0 bridgehead atoms. The topological polar surface area (TPSA) is 63.2 Å². The molecule has 0 heterocycles. The molecule has 0 aliphatic heterocycles. The van der Waals surface area contributed by atoms with Gasteiger partial charge >= 0.3 is 109 Å². The average molecular weight is 996 g/mol. The average Bonchev–Trinajstić information content (AvgIpc) is 2.91. The number of carbonyl (C=O) groups is 1. The van der Waals surface area contributed by atoms with Crippen LogP contribution in [0.5, 0.6) is 0 Å². The van der Waals surface area contributed by atoms with E-state index in [1.807, 2.05) is 0 Å². The lowest BCUT2D eigenvalue weighted by atomic mass is 10.2. The van der Waals surface area contributed by atoms with Crippen LogP contribution in [-0.2, 0) is 28.5 Å². The highest BCUT2D eigenvalue weighted by molar-refractivity contribution is 5.77. The minimum absolute atomic E-state index is 0.652. The fourth-order valence-electron chi connectivity index (χ4n) is 2.71. The molecule has 6 nitrogen and oxygen atoms in total. The van der Waals surface area contributed by atoms with Gasteiger partial charge in [-0.2, -0.15) is 158 Å². The van der Waals surface area contributed by atoms with Crippen LogP contribution in [0, 0.1) is 0 Å². The SMILES string of the molecule is O=C(F)C(F)(OC(F)(F)C(F)(OC(F)(F)C(F)(OC(F)(F)C(F)(OC(F)(F)C(F)(OC(F)(F)C(F)(F)C(F)(F)F)C(F)(F)F)C(F)(F)F)C(F)(F)F)C(F)(F)F)C(F)(F)F. The van der Waals surface area contributed by atoms with Crippen LogP contribution in [0.15, 0.2) is 0 Å². The first-order valence-corrected chi connectivity index (χ1v) is 12.0. The summed E-state index contributed by atoms with van der Waals surface area (Å²) in [5, 5.41) is 0. The lowest BCUT2D eigenvalue weighted by Crippen LogP contribution is -2.73. The summed E-state index contributed by atoms with van der Waals surface area (Å²) in [6.45, 7) is 0. The standard InChI is InChI=1S/C18F36O6/c19-1(55)2(20,8(27,28)29)56-15(47,48)4(23,10(33,34)35)58-17(51,52)6(25,12(39,40)41)60-18(53,54)7(26,13(42,43)44)59-16(49,50)5(24,11(36,37)38)57-14(45,46)3(21,22)9(30,31)32. The minimum Gasteiger partial charge on any atom is -0.263 e. The van der Waals surface area contributed by atoms with E-state index in [-0.39, 0.29) is 0 Å². The zero-order chi connectivity index (χ0) is 49.6. The molecule has 0 aromatic rings. The van der Waals surface area contributed by atoms with Crippen molar-refractivity contribution in [2.45, 2.75) is 103 Å². The highest BCUT2D eigenvalue weighted by Crippen LogP contribution is 2.62. The zero-order valence-corrected chi connectivity index (χ0v) is 25.1. The van der Waals surface area contributed by atoms with E-state index >= 15 is 0 Å². The van der Waals surface area contributed by atoms with Crippen molar-refractivity contribution < 1.29 is 187 Å². The van der Waals surface area contributed by atoms with Crippen molar-refractivity contribution in [2.24, 2.45) is 0 Å². The molecule has 0 amide bonds. The molecule has 5 atom stereocenters. The number of alkyl halides is 35. The van der Waals surface area contributed by atoms with Crippen molar-refractivity contribution >= 4 is 6.04 Å². The van der Waals surface area contributed by atoms with E-state index in [0.29, 0.717) is 9.47 Å². The Morgan fingerprint density at radius 1 is 0.250 bits per heavy atom. The van der Waals surface area contributed by atoms with E-state index in [9.17, 15) is 163 Å². The quantitative estimate of drug-likeness (QED) is 0.113. The van der Waals surface area contributed by atoms with Crippen molar-refractivity contribution in [1.29, 1.82) is 0 Å². The Morgan fingerprint density at radius 3 is 0.583 bits per heavy atom. The second-order valence-corrected chi connectivity index (χ2v) is 9.91. The van der Waals surface area contributed by atoms with Gasteiger partial charge in [0, 0.05) is 0 Å². The summed E-state index contributed by atoms with van der Waals surface area (Å²) >= 11 is 0. The number of ether oxygens (including phenoxy) is 5. The molecule has 60 heavy (non-hydrogen) atoms. The Bertz CT molecular complexity index is 1530. The van der Waals surface area contributed by atoms with E-state index in [1.165, 1.54) is 0 Å². The molecule has 0 aromatic carbocycles. The number of hydrogen-bond donors (Lipinski definition) is 0. The summed E-state index contributed by atoms with van der Waals surface area (Å²) < 4.78 is 483. The van der Waals surface area contributed by atoms with Crippen LogP contribution in [-0.4, -0.2) is 109 Å². The zero-order valence-electron chi connectivity index (χ0n) is 25.1. The van der Waals surface area contributed by atoms with Crippen molar-refractivity contribution in [3.8, 4) is 0 Å². The van der Waals surface area contributed by atoms with Crippen molar-refractivity contribution in [1.82, 2.24) is 0 Å². The molecule has 0 aliphatic rings. The third-order valence-electron chi connectivity index (χ3n) is 5.64. The predicted octanol–water partition coefficient (Wildman–Crippen LogP) is 10.9. The summed E-state index contributed by atoms with van der Waals surface area (Å²) in [6.07, 6.45) is -98.7. The van der Waals surface area contributed by atoms with Crippen molar-refractivity contribution in [2.75, 3.05) is 0 Å². The van der Waals surface area contributed by atoms with Crippen LogP contribution in [0.1, 0.15) is 0 Å².